The van der Waals surface area contributed by atoms with Gasteiger partial charge in [-0.05, 0) is 49.9 Å². The number of nitrogens with one attached hydrogen (secondary N) is 1. The monoisotopic (exact) mass is 451 g/mol. The number of hydrogen-bond acceptors (Lipinski definition) is 6. The number of nitrogens with zero attached hydrogens (tertiary/aromatic N) is 4. The van der Waals surface area contributed by atoms with Crippen molar-refractivity contribution in [2.75, 3.05) is 29.1 Å². The van der Waals surface area contributed by atoms with Crippen LogP contribution in [0.3, 0.4) is 0 Å². The first kappa shape index (κ1) is 20.5. The van der Waals surface area contributed by atoms with Crippen molar-refractivity contribution < 1.29 is 4.79 Å². The smallest absolute Gasteiger partial charge is 0.234 e. The van der Waals surface area contributed by atoms with E-state index in [2.05, 4.69) is 37.1 Å². The Morgan fingerprint density at radius 3 is 2.52 bits per heavy atom. The van der Waals surface area contributed by atoms with E-state index in [1.807, 2.05) is 42.5 Å². The Balaban J connectivity index is 1.24. The molecule has 5 rings (SSSR count). The summed E-state index contributed by atoms with van der Waals surface area (Å²) in [5.74, 6) is 1.27. The number of anilines is 2. The normalized spacial score (nSPS) is 15.9. The van der Waals surface area contributed by atoms with Crippen LogP contribution in [0.1, 0.15) is 31.7 Å². The number of carbonyl (C=O) groups excluding carboxylic acids is 1. The molecule has 1 aliphatic carbocycles. The zero-order valence-corrected chi connectivity index (χ0v) is 18.9. The van der Waals surface area contributed by atoms with Crippen molar-refractivity contribution in [3.63, 3.8) is 0 Å². The van der Waals surface area contributed by atoms with E-state index in [9.17, 15) is 4.79 Å². The standard InChI is InChI=1S/C23H25N5OS2/c29-21(24-19-10-4-5-11-20(19)31-18-8-2-1-3-9-18)16-30-23-26-25-22(27-14-6-7-15-27)28(23)17-12-13-17/h1-5,8-11,17H,6-7,12-16H2,(H,24,29). The summed E-state index contributed by atoms with van der Waals surface area (Å²) in [7, 11) is 0. The van der Waals surface area contributed by atoms with Crippen LogP contribution in [0.15, 0.2) is 69.5 Å². The third kappa shape index (κ3) is 4.91. The highest BCUT2D eigenvalue weighted by atomic mass is 32.2. The van der Waals surface area contributed by atoms with Gasteiger partial charge in [0.15, 0.2) is 5.16 Å². The zero-order valence-electron chi connectivity index (χ0n) is 17.2. The molecule has 0 atom stereocenters. The quantitative estimate of drug-likeness (QED) is 0.481. The van der Waals surface area contributed by atoms with Gasteiger partial charge in [0.05, 0.1) is 11.4 Å². The Morgan fingerprint density at radius 1 is 1.00 bits per heavy atom. The lowest BCUT2D eigenvalue weighted by Crippen LogP contribution is -2.22. The van der Waals surface area contributed by atoms with Crippen LogP contribution in [0.2, 0.25) is 0 Å². The number of benzene rings is 2. The molecule has 0 radical (unpaired) electrons. The van der Waals surface area contributed by atoms with Gasteiger partial charge in [0.1, 0.15) is 0 Å². The first-order chi connectivity index (χ1) is 15.3. The van der Waals surface area contributed by atoms with Crippen LogP contribution in [0, 0.1) is 0 Å². The van der Waals surface area contributed by atoms with Crippen LogP contribution in [0.4, 0.5) is 11.6 Å². The van der Waals surface area contributed by atoms with Gasteiger partial charge in [0.25, 0.3) is 0 Å². The zero-order chi connectivity index (χ0) is 21.0. The minimum absolute atomic E-state index is 0.0285. The highest BCUT2D eigenvalue weighted by Crippen LogP contribution is 2.41. The summed E-state index contributed by atoms with van der Waals surface area (Å²) in [5, 5.41) is 12.8. The lowest BCUT2D eigenvalue weighted by molar-refractivity contribution is -0.113. The Hall–Kier alpha value is -2.45. The predicted molar refractivity (Wildman–Crippen MR) is 126 cm³/mol. The second-order valence-electron chi connectivity index (χ2n) is 7.83. The molecule has 8 heteroatoms. The van der Waals surface area contributed by atoms with E-state index < -0.39 is 0 Å². The van der Waals surface area contributed by atoms with Gasteiger partial charge in [-0.15, -0.1) is 10.2 Å². The molecule has 0 bridgehead atoms. The first-order valence-electron chi connectivity index (χ1n) is 10.7. The number of carbonyl (C=O) groups is 1. The van der Waals surface area contributed by atoms with Crippen molar-refractivity contribution in [1.29, 1.82) is 0 Å². The number of thioether (sulfide) groups is 1. The fraction of sp³-hybridized carbons (Fsp3) is 0.348. The Labute approximate surface area is 190 Å². The van der Waals surface area contributed by atoms with Crippen molar-refractivity contribution in [3.8, 4) is 0 Å². The highest BCUT2D eigenvalue weighted by molar-refractivity contribution is 8.00. The molecular formula is C23H25N5OS2. The number of hydrogen-bond donors (Lipinski definition) is 1. The van der Waals surface area contributed by atoms with Gasteiger partial charge >= 0.3 is 0 Å². The van der Waals surface area contributed by atoms with Crippen molar-refractivity contribution in [2.24, 2.45) is 0 Å². The highest BCUT2D eigenvalue weighted by Gasteiger charge is 2.32. The summed E-state index contributed by atoms with van der Waals surface area (Å²) in [6.45, 7) is 2.09. The number of rotatable bonds is 8. The topological polar surface area (TPSA) is 63.1 Å². The fourth-order valence-corrected chi connectivity index (χ4v) is 5.47. The SMILES string of the molecule is O=C(CSc1nnc(N2CCCC2)n1C1CC1)Nc1ccccc1Sc1ccccc1. The fourth-order valence-electron chi connectivity index (χ4n) is 3.74. The maximum absolute atomic E-state index is 12.7. The number of amides is 1. The van der Waals surface area contributed by atoms with Crippen LogP contribution in [-0.2, 0) is 4.79 Å². The average Bonchev–Trinajstić information content (AvgIpc) is 3.31. The van der Waals surface area contributed by atoms with Crippen LogP contribution in [0.25, 0.3) is 0 Å². The molecule has 6 nitrogen and oxygen atoms in total. The van der Waals surface area contributed by atoms with Gasteiger partial charge in [-0.1, -0.05) is 53.9 Å². The maximum Gasteiger partial charge on any atom is 0.234 e. The maximum atomic E-state index is 12.7. The van der Waals surface area contributed by atoms with Gasteiger partial charge in [-0.3, -0.25) is 9.36 Å². The van der Waals surface area contributed by atoms with Gasteiger partial charge in [-0.25, -0.2) is 0 Å². The van der Waals surface area contributed by atoms with E-state index in [1.54, 1.807) is 11.8 Å². The molecule has 31 heavy (non-hydrogen) atoms. The molecular weight excluding hydrogens is 426 g/mol. The molecule has 1 saturated heterocycles. The Bertz CT molecular complexity index is 1050. The van der Waals surface area contributed by atoms with Gasteiger partial charge in [0.2, 0.25) is 11.9 Å². The van der Waals surface area contributed by atoms with Crippen LogP contribution in [0.5, 0.6) is 0 Å². The summed E-state index contributed by atoms with van der Waals surface area (Å²) in [5.41, 5.74) is 0.836. The van der Waals surface area contributed by atoms with Crippen molar-refractivity contribution >= 4 is 41.1 Å². The second kappa shape index (κ2) is 9.36. The summed E-state index contributed by atoms with van der Waals surface area (Å²) in [4.78, 5) is 17.2. The average molecular weight is 452 g/mol. The molecule has 0 unspecified atom stereocenters. The Morgan fingerprint density at radius 2 is 1.74 bits per heavy atom. The predicted octanol–water partition coefficient (Wildman–Crippen LogP) is 5.10. The molecule has 1 saturated carbocycles. The van der Waals surface area contributed by atoms with E-state index in [4.69, 9.17) is 0 Å². The molecule has 0 spiro atoms. The molecule has 160 valence electrons. The van der Waals surface area contributed by atoms with E-state index in [1.165, 1.54) is 37.4 Å². The third-order valence-electron chi connectivity index (χ3n) is 5.41. The summed E-state index contributed by atoms with van der Waals surface area (Å²) in [6, 6.07) is 18.6. The molecule has 2 aliphatic rings. The van der Waals surface area contributed by atoms with Gasteiger partial charge in [-0.2, -0.15) is 0 Å². The summed E-state index contributed by atoms with van der Waals surface area (Å²) < 4.78 is 2.25. The van der Waals surface area contributed by atoms with E-state index >= 15 is 0 Å². The summed E-state index contributed by atoms with van der Waals surface area (Å²) in [6.07, 6.45) is 4.76. The first-order valence-corrected chi connectivity index (χ1v) is 12.5. The van der Waals surface area contributed by atoms with Crippen LogP contribution >= 0.6 is 23.5 Å². The number of para-hydroxylation sites is 1. The molecule has 1 amide bonds. The van der Waals surface area contributed by atoms with E-state index in [0.29, 0.717) is 11.8 Å². The van der Waals surface area contributed by atoms with Crippen LogP contribution < -0.4 is 10.2 Å². The van der Waals surface area contributed by atoms with Crippen LogP contribution in [-0.4, -0.2) is 39.5 Å². The molecule has 1 N–H and O–H groups in total. The van der Waals surface area contributed by atoms with E-state index in [-0.39, 0.29) is 5.91 Å². The largest absolute Gasteiger partial charge is 0.341 e. The van der Waals surface area contributed by atoms with Crippen molar-refractivity contribution in [1.82, 2.24) is 14.8 Å². The third-order valence-corrected chi connectivity index (χ3v) is 7.44. The molecule has 1 aliphatic heterocycles. The van der Waals surface area contributed by atoms with Crippen molar-refractivity contribution in [3.05, 3.63) is 54.6 Å². The number of aromatic nitrogens is 3. The molecule has 1 aromatic heterocycles. The molecule has 2 heterocycles. The van der Waals surface area contributed by atoms with E-state index in [0.717, 1.165) is 39.7 Å². The van der Waals surface area contributed by atoms with Crippen molar-refractivity contribution in [2.45, 2.75) is 46.7 Å². The molecule has 3 aromatic rings. The lowest BCUT2D eigenvalue weighted by Gasteiger charge is -2.18. The molecule has 2 aromatic carbocycles. The van der Waals surface area contributed by atoms with Gasteiger partial charge < -0.3 is 10.2 Å². The minimum atomic E-state index is -0.0285. The summed E-state index contributed by atoms with van der Waals surface area (Å²) >= 11 is 3.13. The molecule has 2 fully saturated rings. The second-order valence-corrected chi connectivity index (χ2v) is 9.88. The Kier molecular flexibility index (Phi) is 6.18. The lowest BCUT2D eigenvalue weighted by atomic mass is 10.3. The van der Waals surface area contributed by atoms with Gasteiger partial charge in [0, 0.05) is 28.9 Å². The minimum Gasteiger partial charge on any atom is -0.341 e.